The molecule has 0 radical (unpaired) electrons. The molecule has 0 aliphatic carbocycles. The third kappa shape index (κ3) is 4.56. The molecule has 8 nitrogen and oxygen atoms in total. The van der Waals surface area contributed by atoms with E-state index < -0.39 is 22.7 Å². The van der Waals surface area contributed by atoms with Gasteiger partial charge in [-0.2, -0.15) is 12.7 Å². The van der Waals surface area contributed by atoms with Crippen molar-refractivity contribution in [2.45, 2.75) is 26.1 Å². The maximum absolute atomic E-state index is 11.7. The van der Waals surface area contributed by atoms with Crippen LogP contribution in [0.25, 0.3) is 0 Å². The van der Waals surface area contributed by atoms with Gasteiger partial charge in [0.1, 0.15) is 6.61 Å². The lowest BCUT2D eigenvalue weighted by Crippen LogP contribution is -2.52. The molecule has 1 saturated heterocycles. The number of rotatable bonds is 5. The van der Waals surface area contributed by atoms with E-state index in [1.165, 1.54) is 4.31 Å². The first-order chi connectivity index (χ1) is 7.81. The Morgan fingerprint density at radius 3 is 2.47 bits per heavy atom. The molecule has 17 heavy (non-hydrogen) atoms. The molecule has 2 unspecified atom stereocenters. The summed E-state index contributed by atoms with van der Waals surface area (Å²) in [5.41, 5.74) is 4.81. The molecule has 0 saturated carbocycles. The second kappa shape index (κ2) is 5.74. The van der Waals surface area contributed by atoms with Crippen molar-refractivity contribution in [1.29, 1.82) is 0 Å². The van der Waals surface area contributed by atoms with Crippen LogP contribution in [0, 0.1) is 0 Å². The Labute approximate surface area is 100 Å². The minimum Gasteiger partial charge on any atom is -0.373 e. The van der Waals surface area contributed by atoms with Gasteiger partial charge in [-0.1, -0.05) is 4.89 Å². The molecule has 1 aliphatic heterocycles. The first-order valence-electron chi connectivity index (χ1n) is 5.13. The van der Waals surface area contributed by atoms with Crippen molar-refractivity contribution < 1.29 is 22.8 Å². The van der Waals surface area contributed by atoms with E-state index in [0.717, 1.165) is 0 Å². The molecule has 0 bridgehead atoms. The number of primary amides is 1. The van der Waals surface area contributed by atoms with Crippen molar-refractivity contribution in [2.24, 2.45) is 5.73 Å². The second-order valence-electron chi connectivity index (χ2n) is 3.92. The Morgan fingerprint density at radius 2 is 2.00 bits per heavy atom. The van der Waals surface area contributed by atoms with E-state index in [1.54, 1.807) is 13.8 Å². The fourth-order valence-corrected chi connectivity index (χ4v) is 2.68. The minimum absolute atomic E-state index is 0.188. The average molecular weight is 267 g/mol. The Hall–Kier alpha value is -0.740. The summed E-state index contributed by atoms with van der Waals surface area (Å²) in [5, 5.41) is 0. The van der Waals surface area contributed by atoms with E-state index in [0.29, 0.717) is 0 Å². The van der Waals surface area contributed by atoms with Gasteiger partial charge in [0.15, 0.2) is 0 Å². The SMILES string of the molecule is CC1CN(S(=O)(=O)NOCC(N)=O)CC(C)O1. The first-order valence-corrected chi connectivity index (χ1v) is 6.57. The number of morpholine rings is 1. The van der Waals surface area contributed by atoms with Crippen LogP contribution in [0.2, 0.25) is 0 Å². The monoisotopic (exact) mass is 267 g/mol. The highest BCUT2D eigenvalue weighted by Gasteiger charge is 2.31. The van der Waals surface area contributed by atoms with E-state index in [2.05, 4.69) is 4.84 Å². The smallest absolute Gasteiger partial charge is 0.301 e. The van der Waals surface area contributed by atoms with E-state index in [9.17, 15) is 13.2 Å². The summed E-state index contributed by atoms with van der Waals surface area (Å²) in [6.07, 6.45) is -0.377. The summed E-state index contributed by atoms with van der Waals surface area (Å²) in [6.45, 7) is 3.53. The van der Waals surface area contributed by atoms with Crippen LogP contribution in [0.4, 0.5) is 0 Å². The van der Waals surface area contributed by atoms with Gasteiger partial charge in [-0.3, -0.25) is 9.63 Å². The molecule has 3 N–H and O–H groups in total. The van der Waals surface area contributed by atoms with Gasteiger partial charge < -0.3 is 10.5 Å². The normalized spacial score (nSPS) is 26.9. The molecular formula is C8H17N3O5S. The van der Waals surface area contributed by atoms with Gasteiger partial charge in [0.05, 0.1) is 12.2 Å². The summed E-state index contributed by atoms with van der Waals surface area (Å²) in [6, 6.07) is 0. The summed E-state index contributed by atoms with van der Waals surface area (Å²) in [4.78, 5) is 16.7. The highest BCUT2D eigenvalue weighted by atomic mass is 32.2. The number of ether oxygens (including phenoxy) is 1. The molecule has 0 aromatic heterocycles. The van der Waals surface area contributed by atoms with Crippen LogP contribution in [-0.2, 0) is 24.6 Å². The van der Waals surface area contributed by atoms with Crippen LogP contribution in [-0.4, -0.2) is 50.5 Å². The third-order valence-corrected chi connectivity index (χ3v) is 3.41. The Bertz CT molecular complexity index is 361. The van der Waals surface area contributed by atoms with Crippen LogP contribution in [0.3, 0.4) is 0 Å². The van der Waals surface area contributed by atoms with Gasteiger partial charge in [0.25, 0.3) is 0 Å². The van der Waals surface area contributed by atoms with Crippen LogP contribution >= 0.6 is 0 Å². The fraction of sp³-hybridized carbons (Fsp3) is 0.875. The molecule has 1 heterocycles. The highest BCUT2D eigenvalue weighted by Crippen LogP contribution is 2.13. The Morgan fingerprint density at radius 1 is 1.47 bits per heavy atom. The summed E-state index contributed by atoms with van der Waals surface area (Å²) in [7, 11) is -3.77. The number of carbonyl (C=O) groups is 1. The average Bonchev–Trinajstić information content (AvgIpc) is 2.14. The molecule has 9 heteroatoms. The lowest BCUT2D eigenvalue weighted by molar-refractivity contribution is -0.123. The van der Waals surface area contributed by atoms with E-state index in [1.807, 2.05) is 4.89 Å². The molecule has 1 aliphatic rings. The molecule has 1 fully saturated rings. The molecule has 0 aromatic rings. The molecule has 1 amide bonds. The van der Waals surface area contributed by atoms with Crippen molar-refractivity contribution in [3.63, 3.8) is 0 Å². The highest BCUT2D eigenvalue weighted by molar-refractivity contribution is 7.87. The van der Waals surface area contributed by atoms with Gasteiger partial charge in [0.2, 0.25) is 5.91 Å². The van der Waals surface area contributed by atoms with E-state index >= 15 is 0 Å². The number of nitrogens with zero attached hydrogens (tertiary/aromatic N) is 1. The van der Waals surface area contributed by atoms with Gasteiger partial charge >= 0.3 is 10.2 Å². The lowest BCUT2D eigenvalue weighted by Gasteiger charge is -2.33. The summed E-state index contributed by atoms with van der Waals surface area (Å²) >= 11 is 0. The van der Waals surface area contributed by atoms with Crippen LogP contribution in [0.5, 0.6) is 0 Å². The van der Waals surface area contributed by atoms with Crippen molar-refractivity contribution in [3.8, 4) is 0 Å². The topological polar surface area (TPSA) is 111 Å². The van der Waals surface area contributed by atoms with Gasteiger partial charge in [-0.05, 0) is 13.8 Å². The van der Waals surface area contributed by atoms with Gasteiger partial charge in [0, 0.05) is 13.1 Å². The predicted molar refractivity (Wildman–Crippen MR) is 58.8 cm³/mol. The van der Waals surface area contributed by atoms with Crippen molar-refractivity contribution >= 4 is 16.1 Å². The quantitative estimate of drug-likeness (QED) is 0.580. The predicted octanol–water partition coefficient (Wildman–Crippen LogP) is -1.65. The minimum atomic E-state index is -3.77. The van der Waals surface area contributed by atoms with Crippen LogP contribution in [0.15, 0.2) is 0 Å². The van der Waals surface area contributed by atoms with Crippen LogP contribution in [0.1, 0.15) is 13.8 Å². The number of hydrogen-bond donors (Lipinski definition) is 2. The van der Waals surface area contributed by atoms with E-state index in [4.69, 9.17) is 10.5 Å². The number of nitrogens with one attached hydrogen (secondary N) is 1. The molecular weight excluding hydrogens is 250 g/mol. The van der Waals surface area contributed by atoms with Crippen molar-refractivity contribution in [2.75, 3.05) is 19.7 Å². The zero-order valence-electron chi connectivity index (χ0n) is 9.75. The van der Waals surface area contributed by atoms with Gasteiger partial charge in [-0.25, -0.2) is 0 Å². The zero-order chi connectivity index (χ0) is 13.1. The molecule has 2 atom stereocenters. The van der Waals surface area contributed by atoms with Crippen molar-refractivity contribution in [3.05, 3.63) is 0 Å². The molecule has 0 spiro atoms. The largest absolute Gasteiger partial charge is 0.373 e. The fourth-order valence-electron chi connectivity index (χ4n) is 1.55. The second-order valence-corrected chi connectivity index (χ2v) is 5.55. The number of amides is 1. The summed E-state index contributed by atoms with van der Waals surface area (Å²) < 4.78 is 30.1. The molecule has 100 valence electrons. The summed E-state index contributed by atoms with van der Waals surface area (Å²) in [5.74, 6) is -0.753. The van der Waals surface area contributed by atoms with Crippen molar-refractivity contribution in [1.82, 2.24) is 9.19 Å². The number of nitrogens with two attached hydrogens (primary N) is 1. The van der Waals surface area contributed by atoms with Gasteiger partial charge in [-0.15, -0.1) is 0 Å². The Kier molecular flexibility index (Phi) is 4.83. The number of carbonyl (C=O) groups excluding carboxylic acids is 1. The Balaban J connectivity index is 2.54. The zero-order valence-corrected chi connectivity index (χ0v) is 10.6. The maximum Gasteiger partial charge on any atom is 0.301 e. The van der Waals surface area contributed by atoms with E-state index in [-0.39, 0.29) is 25.3 Å². The maximum atomic E-state index is 11.7. The first kappa shape index (κ1) is 14.3. The standard InChI is InChI=1S/C8H17N3O5S/c1-6-3-11(4-7(2)16-6)17(13,14)10-15-5-8(9)12/h6-7,10H,3-5H2,1-2H3,(H2,9,12). The molecule has 0 aromatic carbocycles. The number of hydrogen-bond acceptors (Lipinski definition) is 5. The lowest BCUT2D eigenvalue weighted by atomic mass is 10.3. The third-order valence-electron chi connectivity index (χ3n) is 2.10. The molecule has 1 rings (SSSR count). The van der Waals surface area contributed by atoms with Crippen LogP contribution < -0.4 is 10.6 Å².